The predicted octanol–water partition coefficient (Wildman–Crippen LogP) is 0.743. The molecule has 0 spiro atoms. The van der Waals surface area contributed by atoms with Gasteiger partial charge in [0.2, 0.25) is 0 Å². The summed E-state index contributed by atoms with van der Waals surface area (Å²) in [5, 5.41) is 0.670. The summed E-state index contributed by atoms with van der Waals surface area (Å²) in [7, 11) is 1.74. The number of hydrogen-bond donors (Lipinski definition) is 1. The van der Waals surface area contributed by atoms with Crippen LogP contribution in [0.5, 0.6) is 0 Å². The van der Waals surface area contributed by atoms with E-state index in [1.54, 1.807) is 11.6 Å². The topological polar surface area (TPSA) is 60.9 Å². The standard InChI is InChI=1S/C12H15N3O/c1-8-4-3-5-9-11(8)14-10(6-7-13)15(2)12(9)16/h3-5H,6-7,13H2,1-2H3. The van der Waals surface area contributed by atoms with Gasteiger partial charge in [0.1, 0.15) is 5.82 Å². The summed E-state index contributed by atoms with van der Waals surface area (Å²) in [5.74, 6) is 0.745. The lowest BCUT2D eigenvalue weighted by Gasteiger charge is -2.09. The maximum atomic E-state index is 12.1. The third kappa shape index (κ3) is 1.61. The summed E-state index contributed by atoms with van der Waals surface area (Å²) in [4.78, 5) is 16.6. The Hall–Kier alpha value is -1.68. The molecule has 0 aliphatic rings. The summed E-state index contributed by atoms with van der Waals surface area (Å²) in [6.07, 6.45) is 0.621. The Bertz CT molecular complexity index is 587. The molecule has 0 fully saturated rings. The molecule has 0 radical (unpaired) electrons. The van der Waals surface area contributed by atoms with E-state index in [2.05, 4.69) is 4.98 Å². The van der Waals surface area contributed by atoms with Crippen molar-refractivity contribution in [3.63, 3.8) is 0 Å². The van der Waals surface area contributed by atoms with Crippen LogP contribution in [-0.4, -0.2) is 16.1 Å². The third-order valence-electron chi connectivity index (χ3n) is 2.77. The lowest BCUT2D eigenvalue weighted by molar-refractivity contribution is 0.731. The van der Waals surface area contributed by atoms with Gasteiger partial charge in [-0.1, -0.05) is 12.1 Å². The Morgan fingerprint density at radius 3 is 2.88 bits per heavy atom. The van der Waals surface area contributed by atoms with Crippen LogP contribution in [0.4, 0.5) is 0 Å². The number of aryl methyl sites for hydroxylation is 1. The zero-order valence-electron chi connectivity index (χ0n) is 9.53. The van der Waals surface area contributed by atoms with Crippen molar-refractivity contribution in [1.29, 1.82) is 0 Å². The zero-order chi connectivity index (χ0) is 11.7. The quantitative estimate of drug-likeness (QED) is 0.807. The van der Waals surface area contributed by atoms with Gasteiger partial charge in [-0.2, -0.15) is 0 Å². The lowest BCUT2D eigenvalue weighted by atomic mass is 10.1. The van der Waals surface area contributed by atoms with Crippen LogP contribution in [-0.2, 0) is 13.5 Å². The molecule has 0 saturated carbocycles. The smallest absolute Gasteiger partial charge is 0.261 e. The first-order chi connectivity index (χ1) is 7.65. The Labute approximate surface area is 93.7 Å². The van der Waals surface area contributed by atoms with Gasteiger partial charge in [0.05, 0.1) is 10.9 Å². The molecule has 0 saturated heterocycles. The molecular weight excluding hydrogens is 202 g/mol. The molecule has 84 valence electrons. The highest BCUT2D eigenvalue weighted by molar-refractivity contribution is 5.80. The summed E-state index contributed by atoms with van der Waals surface area (Å²) in [6.45, 7) is 2.46. The number of hydrogen-bond acceptors (Lipinski definition) is 3. The SMILES string of the molecule is Cc1cccc2c(=O)n(C)c(CCN)nc12. The highest BCUT2D eigenvalue weighted by atomic mass is 16.1. The van der Waals surface area contributed by atoms with E-state index in [-0.39, 0.29) is 5.56 Å². The van der Waals surface area contributed by atoms with E-state index >= 15 is 0 Å². The lowest BCUT2D eigenvalue weighted by Crippen LogP contribution is -2.24. The Kier molecular flexibility index (Phi) is 2.75. The normalized spacial score (nSPS) is 10.9. The fourth-order valence-corrected chi connectivity index (χ4v) is 1.83. The first kappa shape index (κ1) is 10.8. The van der Waals surface area contributed by atoms with Crippen LogP contribution in [0.15, 0.2) is 23.0 Å². The molecule has 2 N–H and O–H groups in total. The van der Waals surface area contributed by atoms with Gasteiger partial charge in [-0.05, 0) is 25.1 Å². The molecule has 0 unspecified atom stereocenters. The van der Waals surface area contributed by atoms with Crippen LogP contribution in [0.2, 0.25) is 0 Å². The van der Waals surface area contributed by atoms with Gasteiger partial charge in [-0.3, -0.25) is 9.36 Å². The molecule has 1 heterocycles. The molecule has 0 aliphatic heterocycles. The van der Waals surface area contributed by atoms with Crippen molar-refractivity contribution in [3.8, 4) is 0 Å². The van der Waals surface area contributed by atoms with Gasteiger partial charge in [0.15, 0.2) is 0 Å². The van der Waals surface area contributed by atoms with E-state index in [0.29, 0.717) is 18.4 Å². The Morgan fingerprint density at radius 1 is 1.44 bits per heavy atom. The molecule has 2 rings (SSSR count). The number of nitrogens with two attached hydrogens (primary N) is 1. The van der Waals surface area contributed by atoms with E-state index in [0.717, 1.165) is 16.9 Å². The Morgan fingerprint density at radius 2 is 2.19 bits per heavy atom. The van der Waals surface area contributed by atoms with Crippen LogP contribution in [0, 0.1) is 6.92 Å². The van der Waals surface area contributed by atoms with Gasteiger partial charge < -0.3 is 5.73 Å². The minimum absolute atomic E-state index is 0.00264. The van der Waals surface area contributed by atoms with E-state index < -0.39 is 0 Å². The second-order valence-electron chi connectivity index (χ2n) is 3.90. The summed E-state index contributed by atoms with van der Waals surface area (Å²) in [6, 6.07) is 5.65. The number of nitrogens with zero attached hydrogens (tertiary/aromatic N) is 2. The second-order valence-corrected chi connectivity index (χ2v) is 3.90. The largest absolute Gasteiger partial charge is 0.330 e. The molecule has 0 aliphatic carbocycles. The van der Waals surface area contributed by atoms with Crippen molar-refractivity contribution in [2.75, 3.05) is 6.54 Å². The number of rotatable bonds is 2. The van der Waals surface area contributed by atoms with Gasteiger partial charge in [-0.15, -0.1) is 0 Å². The van der Waals surface area contributed by atoms with Gasteiger partial charge >= 0.3 is 0 Å². The van der Waals surface area contributed by atoms with Gasteiger partial charge in [0.25, 0.3) is 5.56 Å². The minimum atomic E-state index is -0.00264. The highest BCUT2D eigenvalue weighted by Crippen LogP contribution is 2.12. The van der Waals surface area contributed by atoms with E-state index in [4.69, 9.17) is 5.73 Å². The Balaban J connectivity index is 2.84. The summed E-state index contributed by atoms with van der Waals surface area (Å²) >= 11 is 0. The average Bonchev–Trinajstić information content (AvgIpc) is 2.27. The van der Waals surface area contributed by atoms with Crippen molar-refractivity contribution < 1.29 is 0 Å². The van der Waals surface area contributed by atoms with Crippen molar-refractivity contribution in [2.24, 2.45) is 12.8 Å². The summed E-state index contributed by atoms with van der Waals surface area (Å²) in [5.41, 5.74) is 7.31. The maximum absolute atomic E-state index is 12.1. The average molecular weight is 217 g/mol. The first-order valence-electron chi connectivity index (χ1n) is 5.30. The highest BCUT2D eigenvalue weighted by Gasteiger charge is 2.08. The molecular formula is C12H15N3O. The van der Waals surface area contributed by atoms with Crippen LogP contribution in [0.3, 0.4) is 0 Å². The van der Waals surface area contributed by atoms with Gasteiger partial charge in [0, 0.05) is 13.5 Å². The van der Waals surface area contributed by atoms with Crippen molar-refractivity contribution in [1.82, 2.24) is 9.55 Å². The molecule has 2 aromatic rings. The number of para-hydroxylation sites is 1. The molecule has 4 nitrogen and oxygen atoms in total. The zero-order valence-corrected chi connectivity index (χ0v) is 9.53. The fourth-order valence-electron chi connectivity index (χ4n) is 1.83. The molecule has 0 amide bonds. The minimum Gasteiger partial charge on any atom is -0.330 e. The monoisotopic (exact) mass is 217 g/mol. The van der Waals surface area contributed by atoms with Crippen molar-refractivity contribution >= 4 is 10.9 Å². The van der Waals surface area contributed by atoms with E-state index in [1.807, 2.05) is 25.1 Å². The number of aromatic nitrogens is 2. The predicted molar refractivity (Wildman–Crippen MR) is 64.5 cm³/mol. The molecule has 0 atom stereocenters. The van der Waals surface area contributed by atoms with Crippen LogP contribution < -0.4 is 11.3 Å². The first-order valence-corrected chi connectivity index (χ1v) is 5.30. The van der Waals surface area contributed by atoms with Crippen molar-refractivity contribution in [2.45, 2.75) is 13.3 Å². The molecule has 0 bridgehead atoms. The molecule has 16 heavy (non-hydrogen) atoms. The van der Waals surface area contributed by atoms with E-state index in [9.17, 15) is 4.79 Å². The fraction of sp³-hybridized carbons (Fsp3) is 0.333. The summed E-state index contributed by atoms with van der Waals surface area (Å²) < 4.78 is 1.58. The number of benzene rings is 1. The molecule has 4 heteroatoms. The van der Waals surface area contributed by atoms with E-state index in [1.165, 1.54) is 0 Å². The molecule has 1 aromatic heterocycles. The number of fused-ring (bicyclic) bond motifs is 1. The van der Waals surface area contributed by atoms with Crippen LogP contribution >= 0.6 is 0 Å². The third-order valence-corrected chi connectivity index (χ3v) is 2.77. The van der Waals surface area contributed by atoms with Gasteiger partial charge in [-0.25, -0.2) is 4.98 Å². The van der Waals surface area contributed by atoms with Crippen LogP contribution in [0.25, 0.3) is 10.9 Å². The second kappa shape index (κ2) is 4.06. The maximum Gasteiger partial charge on any atom is 0.261 e. The molecule has 1 aromatic carbocycles. The van der Waals surface area contributed by atoms with Crippen molar-refractivity contribution in [3.05, 3.63) is 39.9 Å². The van der Waals surface area contributed by atoms with Crippen LogP contribution in [0.1, 0.15) is 11.4 Å².